The van der Waals surface area contributed by atoms with Crippen LogP contribution in [-0.4, -0.2) is 54.3 Å². The second-order valence-corrected chi connectivity index (χ2v) is 6.82. The number of nitrogens with zero attached hydrogens (tertiary/aromatic N) is 2. The molecule has 5 heteroatoms. The number of likely N-dealkylation sites (tertiary alicyclic amines) is 2. The molecule has 0 aromatic heterocycles. The SMILES string of the molecule is O=C(CN1CCCCC1)Nc1cccc(C(=O)N2CCCCC2)c1. The number of anilines is 1. The van der Waals surface area contributed by atoms with Crippen molar-refractivity contribution >= 4 is 17.5 Å². The summed E-state index contributed by atoms with van der Waals surface area (Å²) in [6.45, 7) is 4.11. The van der Waals surface area contributed by atoms with E-state index in [1.54, 1.807) is 6.07 Å². The second kappa shape index (κ2) is 8.29. The lowest BCUT2D eigenvalue weighted by Crippen LogP contribution is -2.37. The molecule has 2 fully saturated rings. The summed E-state index contributed by atoms with van der Waals surface area (Å²) in [4.78, 5) is 28.9. The number of carbonyl (C=O) groups excluding carboxylic acids is 2. The lowest BCUT2D eigenvalue weighted by atomic mass is 10.1. The minimum Gasteiger partial charge on any atom is -0.339 e. The molecule has 1 aromatic rings. The summed E-state index contributed by atoms with van der Waals surface area (Å²) in [6.07, 6.45) is 6.98. The van der Waals surface area contributed by atoms with Crippen molar-refractivity contribution in [2.75, 3.05) is 38.0 Å². The number of rotatable bonds is 4. The van der Waals surface area contributed by atoms with E-state index >= 15 is 0 Å². The van der Waals surface area contributed by atoms with Crippen LogP contribution in [0.1, 0.15) is 48.9 Å². The predicted molar refractivity (Wildman–Crippen MR) is 95.1 cm³/mol. The smallest absolute Gasteiger partial charge is 0.253 e. The van der Waals surface area contributed by atoms with E-state index in [9.17, 15) is 9.59 Å². The molecule has 2 amide bonds. The fraction of sp³-hybridized carbons (Fsp3) is 0.579. The predicted octanol–water partition coefficient (Wildman–Crippen LogP) is 2.74. The number of hydrogen-bond donors (Lipinski definition) is 1. The van der Waals surface area contributed by atoms with Crippen molar-refractivity contribution in [2.24, 2.45) is 0 Å². The molecule has 1 aromatic carbocycles. The topological polar surface area (TPSA) is 52.7 Å². The van der Waals surface area contributed by atoms with Gasteiger partial charge in [0, 0.05) is 24.3 Å². The molecule has 2 aliphatic heterocycles. The number of hydrogen-bond acceptors (Lipinski definition) is 3. The third-order valence-electron chi connectivity index (χ3n) is 4.85. The maximum atomic E-state index is 12.6. The molecule has 24 heavy (non-hydrogen) atoms. The first-order chi connectivity index (χ1) is 11.7. The highest BCUT2D eigenvalue weighted by Gasteiger charge is 2.19. The summed E-state index contributed by atoms with van der Waals surface area (Å²) in [6, 6.07) is 7.32. The Morgan fingerprint density at radius 3 is 2.29 bits per heavy atom. The van der Waals surface area contributed by atoms with Gasteiger partial charge in [0.05, 0.1) is 6.54 Å². The molecule has 0 aliphatic carbocycles. The molecule has 5 nitrogen and oxygen atoms in total. The van der Waals surface area contributed by atoms with Crippen LogP contribution in [-0.2, 0) is 4.79 Å². The van der Waals surface area contributed by atoms with E-state index in [1.165, 1.54) is 25.7 Å². The van der Waals surface area contributed by atoms with Crippen molar-refractivity contribution in [3.8, 4) is 0 Å². The number of amides is 2. The lowest BCUT2D eigenvalue weighted by molar-refractivity contribution is -0.117. The summed E-state index contributed by atoms with van der Waals surface area (Å²) in [7, 11) is 0. The van der Waals surface area contributed by atoms with Gasteiger partial charge < -0.3 is 10.2 Å². The molecule has 0 bridgehead atoms. The van der Waals surface area contributed by atoms with Crippen LogP contribution < -0.4 is 5.32 Å². The highest BCUT2D eigenvalue weighted by molar-refractivity contribution is 5.97. The van der Waals surface area contributed by atoms with Crippen LogP contribution in [0.15, 0.2) is 24.3 Å². The summed E-state index contributed by atoms with van der Waals surface area (Å²) in [5.74, 6) is 0.0706. The van der Waals surface area contributed by atoms with Crippen LogP contribution in [0.3, 0.4) is 0 Å². The fourth-order valence-corrected chi connectivity index (χ4v) is 3.53. The van der Waals surface area contributed by atoms with Crippen molar-refractivity contribution < 1.29 is 9.59 Å². The molecule has 2 saturated heterocycles. The first-order valence-electron chi connectivity index (χ1n) is 9.14. The molecular weight excluding hydrogens is 302 g/mol. The molecule has 0 atom stereocenters. The van der Waals surface area contributed by atoms with Gasteiger partial charge in [0.1, 0.15) is 0 Å². The Labute approximate surface area is 144 Å². The maximum Gasteiger partial charge on any atom is 0.253 e. The van der Waals surface area contributed by atoms with Gasteiger partial charge in [0.25, 0.3) is 5.91 Å². The third-order valence-corrected chi connectivity index (χ3v) is 4.85. The highest BCUT2D eigenvalue weighted by atomic mass is 16.2. The van der Waals surface area contributed by atoms with Gasteiger partial charge in [0.2, 0.25) is 5.91 Å². The normalized spacial score (nSPS) is 19.1. The van der Waals surface area contributed by atoms with Gasteiger partial charge in [-0.2, -0.15) is 0 Å². The van der Waals surface area contributed by atoms with Crippen molar-refractivity contribution in [3.05, 3.63) is 29.8 Å². The standard InChI is InChI=1S/C19H27N3O2/c23-18(15-21-10-3-1-4-11-21)20-17-9-7-8-16(14-17)19(24)22-12-5-2-6-13-22/h7-9,14H,1-6,10-13,15H2,(H,20,23). The van der Waals surface area contributed by atoms with E-state index in [2.05, 4.69) is 10.2 Å². The quantitative estimate of drug-likeness (QED) is 0.924. The van der Waals surface area contributed by atoms with Crippen LogP contribution in [0.25, 0.3) is 0 Å². The first kappa shape index (κ1) is 17.0. The van der Waals surface area contributed by atoms with E-state index in [0.717, 1.165) is 39.0 Å². The van der Waals surface area contributed by atoms with E-state index in [1.807, 2.05) is 23.1 Å². The highest BCUT2D eigenvalue weighted by Crippen LogP contribution is 2.16. The van der Waals surface area contributed by atoms with Crippen LogP contribution >= 0.6 is 0 Å². The monoisotopic (exact) mass is 329 g/mol. The average molecular weight is 329 g/mol. The molecular formula is C19H27N3O2. The molecule has 3 rings (SSSR count). The summed E-state index contributed by atoms with van der Waals surface area (Å²) in [5.41, 5.74) is 1.37. The summed E-state index contributed by atoms with van der Waals surface area (Å²) < 4.78 is 0. The summed E-state index contributed by atoms with van der Waals surface area (Å²) in [5, 5.41) is 2.94. The Kier molecular flexibility index (Phi) is 5.86. The van der Waals surface area contributed by atoms with Gasteiger partial charge in [0.15, 0.2) is 0 Å². The minimum absolute atomic E-state index is 0.000489. The number of piperidine rings is 2. The Morgan fingerprint density at radius 2 is 1.58 bits per heavy atom. The lowest BCUT2D eigenvalue weighted by Gasteiger charge is -2.27. The van der Waals surface area contributed by atoms with E-state index < -0.39 is 0 Å². The Morgan fingerprint density at radius 1 is 0.917 bits per heavy atom. The Hall–Kier alpha value is -1.88. The Balaban J connectivity index is 1.57. The summed E-state index contributed by atoms with van der Waals surface area (Å²) >= 11 is 0. The van der Waals surface area contributed by atoms with Crippen LogP contribution in [0.5, 0.6) is 0 Å². The maximum absolute atomic E-state index is 12.6. The van der Waals surface area contributed by atoms with Gasteiger partial charge in [-0.15, -0.1) is 0 Å². The van der Waals surface area contributed by atoms with E-state index in [-0.39, 0.29) is 11.8 Å². The number of benzene rings is 1. The molecule has 0 unspecified atom stereocenters. The van der Waals surface area contributed by atoms with Crippen LogP contribution in [0.4, 0.5) is 5.69 Å². The minimum atomic E-state index is -0.000489. The molecule has 1 N–H and O–H groups in total. The van der Waals surface area contributed by atoms with Gasteiger partial charge in [-0.05, 0) is 63.4 Å². The first-order valence-corrected chi connectivity index (χ1v) is 9.14. The zero-order valence-corrected chi connectivity index (χ0v) is 14.3. The van der Waals surface area contributed by atoms with E-state index in [0.29, 0.717) is 17.8 Å². The molecule has 130 valence electrons. The van der Waals surface area contributed by atoms with Crippen molar-refractivity contribution in [3.63, 3.8) is 0 Å². The van der Waals surface area contributed by atoms with E-state index in [4.69, 9.17) is 0 Å². The molecule has 0 spiro atoms. The van der Waals surface area contributed by atoms with Gasteiger partial charge in [-0.25, -0.2) is 0 Å². The van der Waals surface area contributed by atoms with Gasteiger partial charge >= 0.3 is 0 Å². The van der Waals surface area contributed by atoms with Crippen molar-refractivity contribution in [1.29, 1.82) is 0 Å². The van der Waals surface area contributed by atoms with Crippen molar-refractivity contribution in [2.45, 2.75) is 38.5 Å². The second-order valence-electron chi connectivity index (χ2n) is 6.82. The zero-order chi connectivity index (χ0) is 16.8. The molecule has 0 radical (unpaired) electrons. The largest absolute Gasteiger partial charge is 0.339 e. The van der Waals surface area contributed by atoms with Crippen molar-refractivity contribution in [1.82, 2.24) is 9.80 Å². The third kappa shape index (κ3) is 4.57. The number of carbonyl (C=O) groups is 2. The van der Waals surface area contributed by atoms with Gasteiger partial charge in [-0.1, -0.05) is 12.5 Å². The average Bonchev–Trinajstić information content (AvgIpc) is 2.63. The molecule has 2 aliphatic rings. The molecule has 0 saturated carbocycles. The Bertz CT molecular complexity index is 576. The van der Waals surface area contributed by atoms with Crippen LogP contribution in [0.2, 0.25) is 0 Å². The van der Waals surface area contributed by atoms with Crippen LogP contribution in [0, 0.1) is 0 Å². The zero-order valence-electron chi connectivity index (χ0n) is 14.3. The molecule has 2 heterocycles. The fourth-order valence-electron chi connectivity index (χ4n) is 3.53. The van der Waals surface area contributed by atoms with Gasteiger partial charge in [-0.3, -0.25) is 14.5 Å². The number of nitrogens with one attached hydrogen (secondary N) is 1.